The second kappa shape index (κ2) is 10.9. The number of hydrogen-bond donors (Lipinski definition) is 1. The molecule has 2 aromatic rings. The highest BCUT2D eigenvalue weighted by molar-refractivity contribution is 7.99. The van der Waals surface area contributed by atoms with Gasteiger partial charge in [0.25, 0.3) is 0 Å². The van der Waals surface area contributed by atoms with E-state index < -0.39 is 5.97 Å². The Hall–Kier alpha value is -2.13. The Labute approximate surface area is 191 Å². The average molecular weight is 463 g/mol. The van der Waals surface area contributed by atoms with Crippen LogP contribution in [-0.2, 0) is 16.1 Å². The van der Waals surface area contributed by atoms with Crippen molar-refractivity contribution in [3.05, 3.63) is 34.5 Å². The topological polar surface area (TPSA) is 86.1 Å². The summed E-state index contributed by atoms with van der Waals surface area (Å²) in [6.45, 7) is 10.3. The Kier molecular flexibility index (Phi) is 8.31. The highest BCUT2D eigenvalue weighted by Crippen LogP contribution is 2.35. The third kappa shape index (κ3) is 5.57. The standard InChI is InChI=1S/C22H30N4O3S2/c1-5-12-26-19(16-10-8-7-9-11-16)24-25-22(26)30-13-17(27)23-20-18(21(28)29-6-2)14(3)15(4)31-20/h5,16H,1,6-13H2,2-4H3,(H,23,27). The number of thioether (sulfide) groups is 1. The van der Waals surface area contributed by atoms with E-state index in [-0.39, 0.29) is 11.7 Å². The number of allylic oxidation sites excluding steroid dienone is 1. The number of nitrogens with zero attached hydrogens (tertiary/aromatic N) is 3. The van der Waals surface area contributed by atoms with Gasteiger partial charge in [-0.15, -0.1) is 28.1 Å². The highest BCUT2D eigenvalue weighted by atomic mass is 32.2. The Balaban J connectivity index is 1.69. The van der Waals surface area contributed by atoms with Crippen LogP contribution in [-0.4, -0.2) is 39.0 Å². The summed E-state index contributed by atoms with van der Waals surface area (Å²) >= 11 is 2.74. The number of carbonyl (C=O) groups excluding carboxylic acids is 2. The Morgan fingerprint density at radius 2 is 2.03 bits per heavy atom. The van der Waals surface area contributed by atoms with Crippen LogP contribution in [0.5, 0.6) is 0 Å². The Bertz CT molecular complexity index is 945. The van der Waals surface area contributed by atoms with Crippen molar-refractivity contribution in [1.29, 1.82) is 0 Å². The van der Waals surface area contributed by atoms with Gasteiger partial charge in [-0.05, 0) is 39.2 Å². The van der Waals surface area contributed by atoms with E-state index in [9.17, 15) is 9.59 Å². The van der Waals surface area contributed by atoms with Gasteiger partial charge in [0.05, 0.1) is 17.9 Å². The summed E-state index contributed by atoms with van der Waals surface area (Å²) in [5, 5.41) is 12.9. The van der Waals surface area contributed by atoms with Gasteiger partial charge in [-0.3, -0.25) is 4.79 Å². The first-order valence-corrected chi connectivity index (χ1v) is 12.5. The van der Waals surface area contributed by atoms with Gasteiger partial charge >= 0.3 is 5.97 Å². The smallest absolute Gasteiger partial charge is 0.341 e. The van der Waals surface area contributed by atoms with Crippen LogP contribution < -0.4 is 5.32 Å². The SMILES string of the molecule is C=CCn1c(SCC(=O)Nc2sc(C)c(C)c2C(=O)OCC)nnc1C1CCCCC1. The number of thiophene rings is 1. The molecule has 1 amide bonds. The van der Waals surface area contributed by atoms with E-state index in [1.165, 1.54) is 42.4 Å². The lowest BCUT2D eigenvalue weighted by atomic mass is 9.89. The number of aromatic nitrogens is 3. The van der Waals surface area contributed by atoms with Crippen LogP contribution in [0.25, 0.3) is 0 Å². The molecule has 168 valence electrons. The Morgan fingerprint density at radius 1 is 1.29 bits per heavy atom. The van der Waals surface area contributed by atoms with E-state index in [0.29, 0.717) is 29.6 Å². The van der Waals surface area contributed by atoms with Crippen LogP contribution in [0.15, 0.2) is 17.8 Å². The van der Waals surface area contributed by atoms with E-state index in [4.69, 9.17) is 4.74 Å². The average Bonchev–Trinajstić information content (AvgIpc) is 3.28. The van der Waals surface area contributed by atoms with Gasteiger partial charge in [0.15, 0.2) is 5.16 Å². The number of nitrogens with one attached hydrogen (secondary N) is 1. The van der Waals surface area contributed by atoms with E-state index in [0.717, 1.165) is 34.3 Å². The van der Waals surface area contributed by atoms with Crippen LogP contribution in [0.1, 0.15) is 71.6 Å². The molecule has 2 heterocycles. The van der Waals surface area contributed by atoms with Crippen LogP contribution in [0.4, 0.5) is 5.00 Å². The zero-order valence-electron chi connectivity index (χ0n) is 18.4. The van der Waals surface area contributed by atoms with Crippen molar-refractivity contribution in [1.82, 2.24) is 14.8 Å². The third-order valence-electron chi connectivity index (χ3n) is 5.48. The molecule has 9 heteroatoms. The molecule has 1 N–H and O–H groups in total. The molecule has 1 aliphatic carbocycles. The molecule has 0 saturated heterocycles. The minimum atomic E-state index is -0.407. The predicted octanol–water partition coefficient (Wildman–Crippen LogP) is 5.10. The zero-order chi connectivity index (χ0) is 22.4. The van der Waals surface area contributed by atoms with Crippen molar-refractivity contribution in [2.45, 2.75) is 70.5 Å². The maximum absolute atomic E-state index is 12.7. The van der Waals surface area contributed by atoms with Gasteiger partial charge in [-0.1, -0.05) is 37.1 Å². The van der Waals surface area contributed by atoms with E-state index >= 15 is 0 Å². The Morgan fingerprint density at radius 3 is 2.71 bits per heavy atom. The quantitative estimate of drug-likeness (QED) is 0.317. The minimum Gasteiger partial charge on any atom is -0.462 e. The van der Waals surface area contributed by atoms with Crippen molar-refractivity contribution in [3.8, 4) is 0 Å². The molecule has 0 unspecified atom stereocenters. The largest absolute Gasteiger partial charge is 0.462 e. The number of aryl methyl sites for hydroxylation is 1. The van der Waals surface area contributed by atoms with Gasteiger partial charge < -0.3 is 14.6 Å². The van der Waals surface area contributed by atoms with Gasteiger partial charge in [0.1, 0.15) is 10.8 Å². The lowest BCUT2D eigenvalue weighted by Crippen LogP contribution is -2.17. The summed E-state index contributed by atoms with van der Waals surface area (Å²) in [6.07, 6.45) is 7.83. The van der Waals surface area contributed by atoms with Crippen LogP contribution in [0.3, 0.4) is 0 Å². The van der Waals surface area contributed by atoms with E-state index in [1.807, 2.05) is 19.9 Å². The zero-order valence-corrected chi connectivity index (χ0v) is 20.0. The van der Waals surface area contributed by atoms with Crippen molar-refractivity contribution >= 4 is 40.0 Å². The summed E-state index contributed by atoms with van der Waals surface area (Å²) in [6, 6.07) is 0. The number of carbonyl (C=O) groups is 2. The molecule has 3 rings (SSSR count). The monoisotopic (exact) mass is 462 g/mol. The second-order valence-corrected chi connectivity index (χ2v) is 9.79. The molecule has 31 heavy (non-hydrogen) atoms. The number of hydrogen-bond acceptors (Lipinski definition) is 7. The van der Waals surface area contributed by atoms with Gasteiger partial charge in [-0.25, -0.2) is 4.79 Å². The van der Waals surface area contributed by atoms with Crippen LogP contribution in [0.2, 0.25) is 0 Å². The first-order chi connectivity index (χ1) is 15.0. The van der Waals surface area contributed by atoms with Crippen LogP contribution >= 0.6 is 23.1 Å². The van der Waals surface area contributed by atoms with Crippen molar-refractivity contribution in [3.63, 3.8) is 0 Å². The maximum atomic E-state index is 12.7. The molecule has 0 radical (unpaired) electrons. The molecular formula is C22H30N4O3S2. The number of anilines is 1. The molecule has 0 bridgehead atoms. The lowest BCUT2D eigenvalue weighted by Gasteiger charge is -2.21. The van der Waals surface area contributed by atoms with Crippen molar-refractivity contribution < 1.29 is 14.3 Å². The van der Waals surface area contributed by atoms with E-state index in [2.05, 4.69) is 26.7 Å². The summed E-state index contributed by atoms with van der Waals surface area (Å²) in [4.78, 5) is 26.0. The lowest BCUT2D eigenvalue weighted by molar-refractivity contribution is -0.113. The van der Waals surface area contributed by atoms with Gasteiger partial charge in [0, 0.05) is 17.3 Å². The van der Waals surface area contributed by atoms with Gasteiger partial charge in [0.2, 0.25) is 5.91 Å². The summed E-state index contributed by atoms with van der Waals surface area (Å²) in [5.41, 5.74) is 1.28. The minimum absolute atomic E-state index is 0.179. The highest BCUT2D eigenvalue weighted by Gasteiger charge is 2.25. The molecule has 0 aromatic carbocycles. The summed E-state index contributed by atoms with van der Waals surface area (Å²) < 4.78 is 7.23. The van der Waals surface area contributed by atoms with E-state index in [1.54, 1.807) is 6.92 Å². The molecule has 0 atom stereocenters. The summed E-state index contributed by atoms with van der Waals surface area (Å²) in [5.74, 6) is 1.00. The first kappa shape index (κ1) is 23.5. The third-order valence-corrected chi connectivity index (χ3v) is 7.57. The van der Waals surface area contributed by atoms with Crippen molar-refractivity contribution in [2.24, 2.45) is 0 Å². The maximum Gasteiger partial charge on any atom is 0.341 e. The number of rotatable bonds is 9. The molecule has 2 aromatic heterocycles. The summed E-state index contributed by atoms with van der Waals surface area (Å²) in [7, 11) is 0. The van der Waals surface area contributed by atoms with Crippen LogP contribution in [0, 0.1) is 13.8 Å². The molecule has 0 spiro atoms. The molecule has 0 aliphatic heterocycles. The fourth-order valence-corrected chi connectivity index (χ4v) is 5.65. The normalized spacial score (nSPS) is 14.4. The molecule has 1 saturated carbocycles. The first-order valence-electron chi connectivity index (χ1n) is 10.7. The molecule has 1 fully saturated rings. The van der Waals surface area contributed by atoms with Crippen molar-refractivity contribution in [2.75, 3.05) is 17.7 Å². The molecular weight excluding hydrogens is 432 g/mol. The fraction of sp³-hybridized carbons (Fsp3) is 0.545. The van der Waals surface area contributed by atoms with Gasteiger partial charge in [-0.2, -0.15) is 0 Å². The second-order valence-electron chi connectivity index (χ2n) is 7.62. The number of ether oxygens (including phenoxy) is 1. The predicted molar refractivity (Wildman–Crippen MR) is 125 cm³/mol. The fourth-order valence-electron chi connectivity index (χ4n) is 3.83. The number of esters is 1. The molecule has 1 aliphatic rings. The molecule has 7 nitrogen and oxygen atoms in total. The number of amides is 1.